The van der Waals surface area contributed by atoms with Crippen LogP contribution in [-0.4, -0.2) is 77.0 Å². The molecule has 0 N–H and O–H groups in total. The third kappa shape index (κ3) is 20.6. The summed E-state index contributed by atoms with van der Waals surface area (Å²) >= 11 is 0. The van der Waals surface area contributed by atoms with Gasteiger partial charge in [0, 0.05) is 0 Å². The lowest BCUT2D eigenvalue weighted by Gasteiger charge is -2.51. The van der Waals surface area contributed by atoms with Gasteiger partial charge in [0.25, 0.3) is 0 Å². The summed E-state index contributed by atoms with van der Waals surface area (Å²) in [7, 11) is -32.7. The van der Waals surface area contributed by atoms with Crippen LogP contribution in [0, 0.1) is 53.3 Å². The maximum atomic E-state index is 7.98. The second-order valence-corrected chi connectivity index (χ2v) is 53.8. The van der Waals surface area contributed by atoms with Gasteiger partial charge in [-0.2, -0.15) is 0 Å². The summed E-state index contributed by atoms with van der Waals surface area (Å²) in [6, 6.07) is 5.23. The van der Waals surface area contributed by atoms with Gasteiger partial charge in [0.1, 0.15) is 0 Å². The number of rotatable bonds is 27. The molecule has 72 heavy (non-hydrogen) atoms. The highest BCUT2D eigenvalue weighted by Crippen LogP contribution is 2.45. The van der Waals surface area contributed by atoms with E-state index in [4.69, 9.17) is 37.0 Å². The fraction of sp³-hybridized carbons (Fsp3) is 0.667. The highest BCUT2D eigenvalue weighted by Gasteiger charge is 2.62. The Labute approximate surface area is 454 Å². The van der Waals surface area contributed by atoms with Crippen LogP contribution in [0.2, 0.25) is 54.4 Å². The fourth-order valence-electron chi connectivity index (χ4n) is 10.2. The Kier molecular flexibility index (Phi) is 28.2. The minimum absolute atomic E-state index is 0.150. The van der Waals surface area contributed by atoms with Crippen molar-refractivity contribution in [3.63, 3.8) is 0 Å². The van der Waals surface area contributed by atoms with Crippen LogP contribution in [0.25, 0.3) is 0 Å². The van der Waals surface area contributed by atoms with Gasteiger partial charge in [-0.1, -0.05) is 176 Å². The standard InChI is InChI=1S/C54H108O9Si9/c1-28-64(37-46(10)11)55-65(29-2,38-47(12)13)57-67(31-4,40-49(16)17)59-69(33-6,42-51(20)21)61-71(35-8,44-53(24)25)63-72(36-9,45-54(26)27)62-70(34-7,43-52(22)23)60-68(32-5,41-50(18)19)58-66(30-3,56-64)39-48(14)15/h28-36,46-54H,1-9,37-45H2,10-27H3. The van der Waals surface area contributed by atoms with Crippen LogP contribution in [-0.2, 0) is 37.0 Å². The Morgan fingerprint density at radius 3 is 0.306 bits per heavy atom. The molecule has 0 atom stereocenters. The van der Waals surface area contributed by atoms with Crippen LogP contribution >= 0.6 is 0 Å². The lowest BCUT2D eigenvalue weighted by atomic mass is 10.3. The van der Waals surface area contributed by atoms with Crippen LogP contribution in [0.1, 0.15) is 125 Å². The van der Waals surface area contributed by atoms with Gasteiger partial charge < -0.3 is 37.0 Å². The predicted octanol–water partition coefficient (Wildman–Crippen LogP) is 16.6. The molecule has 1 saturated heterocycles. The van der Waals surface area contributed by atoms with Crippen LogP contribution < -0.4 is 0 Å². The Morgan fingerprint density at radius 2 is 0.264 bits per heavy atom. The summed E-state index contributed by atoms with van der Waals surface area (Å²) in [6.45, 7) is 80.9. The van der Waals surface area contributed by atoms with Crippen molar-refractivity contribution >= 4 is 77.0 Å². The van der Waals surface area contributed by atoms with E-state index in [9.17, 15) is 0 Å². The van der Waals surface area contributed by atoms with Gasteiger partial charge >= 0.3 is 77.0 Å². The molecule has 414 valence electrons. The SMILES string of the molecule is C=C[Si]1(CC(C)C)O[Si](C=C)(CC(C)C)O[Si](C=C)(CC(C)C)O[Si](C=C)(CC(C)C)O[Si](C=C)(CC(C)C)O[Si](C=C)(CC(C)C)O[Si](C=C)(CC(C)C)O[Si](C=C)(CC(C)C)O[Si](C=C)(CC(C)C)O1. The zero-order valence-electron chi connectivity index (χ0n) is 49.3. The second kappa shape index (κ2) is 29.3. The highest BCUT2D eigenvalue weighted by atomic mass is 28.5. The molecule has 0 saturated carbocycles. The maximum Gasteiger partial charge on any atom is 0.347 e. The van der Waals surface area contributed by atoms with Crippen LogP contribution in [0.5, 0.6) is 0 Å². The molecule has 18 heteroatoms. The Morgan fingerprint density at radius 1 is 0.194 bits per heavy atom. The van der Waals surface area contributed by atoms with Crippen LogP contribution in [0.4, 0.5) is 0 Å². The molecule has 0 aromatic rings. The number of hydrogen-bond donors (Lipinski definition) is 0. The molecule has 0 spiro atoms. The topological polar surface area (TPSA) is 83.1 Å². The average Bonchev–Trinajstić information content (AvgIpc) is 3.23. The van der Waals surface area contributed by atoms with Crippen molar-refractivity contribution < 1.29 is 37.0 Å². The third-order valence-corrected chi connectivity index (χ3v) is 55.1. The fourth-order valence-corrected chi connectivity index (χ4v) is 59.9. The van der Waals surface area contributed by atoms with E-state index in [-0.39, 0.29) is 53.3 Å². The molecule has 1 rings (SSSR count). The van der Waals surface area contributed by atoms with Gasteiger partial charge in [-0.15, -0.1) is 59.2 Å². The molecule has 0 amide bonds. The van der Waals surface area contributed by atoms with E-state index >= 15 is 0 Å². The molecule has 0 bridgehead atoms. The average molecular weight is 1150 g/mol. The summed E-state index contributed by atoms with van der Waals surface area (Å²) in [4.78, 5) is 0. The number of hydrogen-bond acceptors (Lipinski definition) is 9. The molecule has 1 heterocycles. The summed E-state index contributed by atoms with van der Waals surface area (Å²) in [5, 5.41) is 0. The zero-order chi connectivity index (χ0) is 55.8. The first-order chi connectivity index (χ1) is 33.2. The summed E-state index contributed by atoms with van der Waals surface area (Å²) < 4.78 is 71.8. The van der Waals surface area contributed by atoms with Gasteiger partial charge in [-0.3, -0.25) is 0 Å². The lowest BCUT2D eigenvalue weighted by molar-refractivity contribution is 0.228. The summed E-state index contributed by atoms with van der Waals surface area (Å²) in [6.07, 6.45) is 0. The minimum Gasteiger partial charge on any atom is -0.409 e. The third-order valence-electron chi connectivity index (χ3n) is 12.1. The van der Waals surface area contributed by atoms with E-state index in [1.165, 1.54) is 0 Å². The van der Waals surface area contributed by atoms with E-state index in [1.807, 2.05) is 51.3 Å². The van der Waals surface area contributed by atoms with Crippen molar-refractivity contribution in [2.75, 3.05) is 0 Å². The quantitative estimate of drug-likeness (QED) is 0.0747. The second-order valence-electron chi connectivity index (χ2n) is 24.4. The first-order valence-electron chi connectivity index (χ1n) is 27.2. The normalized spacial score (nSPS) is 33.9. The predicted molar refractivity (Wildman–Crippen MR) is 330 cm³/mol. The van der Waals surface area contributed by atoms with Crippen molar-refractivity contribution in [1.82, 2.24) is 0 Å². The van der Waals surface area contributed by atoms with E-state index in [1.54, 1.807) is 0 Å². The summed E-state index contributed by atoms with van der Waals surface area (Å²) in [5.41, 5.74) is 17.6. The van der Waals surface area contributed by atoms with Crippen molar-refractivity contribution in [3.05, 3.63) is 111 Å². The molecule has 0 aromatic heterocycles. The molecule has 1 aliphatic heterocycles. The Balaban J connectivity index is 5.30. The minimum atomic E-state index is -3.63. The molecule has 0 radical (unpaired) electrons. The van der Waals surface area contributed by atoms with E-state index in [2.05, 4.69) is 184 Å². The lowest BCUT2D eigenvalue weighted by Crippen LogP contribution is -2.69. The molecule has 0 unspecified atom stereocenters. The van der Waals surface area contributed by atoms with Crippen LogP contribution in [0.3, 0.4) is 0 Å². The van der Waals surface area contributed by atoms with Crippen molar-refractivity contribution in [2.45, 2.75) is 179 Å². The smallest absolute Gasteiger partial charge is 0.347 e. The van der Waals surface area contributed by atoms with Crippen molar-refractivity contribution in [3.8, 4) is 0 Å². The molecular formula is C54H108O9Si9. The van der Waals surface area contributed by atoms with Gasteiger partial charge in [0.2, 0.25) is 0 Å². The van der Waals surface area contributed by atoms with Gasteiger partial charge in [0.05, 0.1) is 0 Å². The van der Waals surface area contributed by atoms with Crippen LogP contribution in [0.15, 0.2) is 111 Å². The largest absolute Gasteiger partial charge is 0.409 e. The maximum absolute atomic E-state index is 7.98. The Hall–Kier alpha value is -0.748. The zero-order valence-corrected chi connectivity index (χ0v) is 58.3. The first-order valence-corrected chi connectivity index (χ1v) is 46.1. The van der Waals surface area contributed by atoms with Gasteiger partial charge in [-0.25, -0.2) is 0 Å². The van der Waals surface area contributed by atoms with E-state index < -0.39 is 77.0 Å². The van der Waals surface area contributed by atoms with Crippen molar-refractivity contribution in [1.29, 1.82) is 0 Å². The van der Waals surface area contributed by atoms with E-state index in [0.717, 1.165) is 0 Å². The van der Waals surface area contributed by atoms with Gasteiger partial charge in [0.15, 0.2) is 0 Å². The monoisotopic (exact) mass is 1150 g/mol. The molecule has 0 aromatic carbocycles. The molecule has 1 aliphatic rings. The molecule has 1 fully saturated rings. The Bertz CT molecular complexity index is 1360. The van der Waals surface area contributed by atoms with E-state index in [0.29, 0.717) is 54.4 Å². The summed E-state index contributed by atoms with van der Waals surface area (Å²) in [5.74, 6) is 1.35. The molecular weight excluding hydrogens is 1050 g/mol. The molecule has 0 aliphatic carbocycles. The molecule has 9 nitrogen and oxygen atoms in total. The van der Waals surface area contributed by atoms with Crippen molar-refractivity contribution in [2.24, 2.45) is 53.3 Å². The van der Waals surface area contributed by atoms with Gasteiger partial charge in [-0.05, 0) is 108 Å². The highest BCUT2D eigenvalue weighted by molar-refractivity contribution is 7.01. The first kappa shape index (κ1) is 69.3.